The van der Waals surface area contributed by atoms with Crippen molar-refractivity contribution >= 4 is 5.97 Å². The standard InChI is InChI=1S/C17H31NO3/c1-3-14(17(20)21-4-2)18-12-8-7-10-15(18)13-9-5-6-11-16(13)19/h13-16,19H,3-12H2,1-2H3. The molecule has 4 nitrogen and oxygen atoms in total. The summed E-state index contributed by atoms with van der Waals surface area (Å²) >= 11 is 0. The smallest absolute Gasteiger partial charge is 0.323 e. The fourth-order valence-corrected chi connectivity index (χ4v) is 4.19. The van der Waals surface area contributed by atoms with Crippen LogP contribution >= 0.6 is 0 Å². The van der Waals surface area contributed by atoms with Gasteiger partial charge in [-0.1, -0.05) is 26.2 Å². The molecular weight excluding hydrogens is 266 g/mol. The summed E-state index contributed by atoms with van der Waals surface area (Å²) in [5.41, 5.74) is 0. The maximum Gasteiger partial charge on any atom is 0.323 e. The van der Waals surface area contributed by atoms with Crippen LogP contribution in [0, 0.1) is 5.92 Å². The van der Waals surface area contributed by atoms with Crippen molar-refractivity contribution in [1.29, 1.82) is 0 Å². The lowest BCUT2D eigenvalue weighted by Gasteiger charge is -2.46. The van der Waals surface area contributed by atoms with E-state index in [9.17, 15) is 9.90 Å². The van der Waals surface area contributed by atoms with Crippen LogP contribution in [0.5, 0.6) is 0 Å². The Hall–Kier alpha value is -0.610. The zero-order chi connectivity index (χ0) is 15.2. The number of nitrogens with zero attached hydrogens (tertiary/aromatic N) is 1. The molecule has 0 aromatic carbocycles. The second-order valence-corrected chi connectivity index (χ2v) is 6.49. The largest absolute Gasteiger partial charge is 0.465 e. The van der Waals surface area contributed by atoms with E-state index in [0.717, 1.165) is 45.1 Å². The number of rotatable bonds is 5. The number of aliphatic hydroxyl groups is 1. The lowest BCUT2D eigenvalue weighted by Crippen LogP contribution is -2.55. The SMILES string of the molecule is CCOC(=O)C(CC)N1CCCCC1C1CCCCC1O. The second kappa shape index (κ2) is 8.14. The third-order valence-corrected chi connectivity index (χ3v) is 5.21. The third kappa shape index (κ3) is 3.98. The Morgan fingerprint density at radius 3 is 2.57 bits per heavy atom. The van der Waals surface area contributed by atoms with Crippen molar-refractivity contribution in [2.24, 2.45) is 5.92 Å². The van der Waals surface area contributed by atoms with E-state index in [4.69, 9.17) is 4.74 Å². The molecule has 0 bridgehead atoms. The number of carbonyl (C=O) groups is 1. The molecule has 0 aromatic heterocycles. The highest BCUT2D eigenvalue weighted by atomic mass is 16.5. The average molecular weight is 297 g/mol. The van der Waals surface area contributed by atoms with Crippen LogP contribution in [-0.2, 0) is 9.53 Å². The summed E-state index contributed by atoms with van der Waals surface area (Å²) in [5.74, 6) is 0.250. The minimum absolute atomic E-state index is 0.0859. The Morgan fingerprint density at radius 2 is 1.90 bits per heavy atom. The molecule has 1 N–H and O–H groups in total. The molecule has 1 heterocycles. The summed E-state index contributed by atoms with van der Waals surface area (Å²) in [6.07, 6.45) is 8.44. The van der Waals surface area contributed by atoms with Crippen LogP contribution in [0.4, 0.5) is 0 Å². The highest BCUT2D eigenvalue weighted by molar-refractivity contribution is 5.75. The zero-order valence-corrected chi connectivity index (χ0v) is 13.6. The maximum absolute atomic E-state index is 12.3. The first kappa shape index (κ1) is 16.8. The molecule has 1 saturated heterocycles. The molecule has 2 aliphatic rings. The number of hydrogen-bond acceptors (Lipinski definition) is 4. The van der Waals surface area contributed by atoms with Crippen LogP contribution in [0.15, 0.2) is 0 Å². The van der Waals surface area contributed by atoms with Crippen LogP contribution in [0.2, 0.25) is 0 Å². The van der Waals surface area contributed by atoms with Crippen molar-refractivity contribution in [3.8, 4) is 0 Å². The van der Waals surface area contributed by atoms with Gasteiger partial charge in [0.05, 0.1) is 12.7 Å². The van der Waals surface area contributed by atoms with E-state index in [1.165, 1.54) is 12.8 Å². The molecule has 0 amide bonds. The van der Waals surface area contributed by atoms with Crippen LogP contribution in [0.25, 0.3) is 0 Å². The summed E-state index contributed by atoms with van der Waals surface area (Å²) in [5, 5.41) is 10.4. The normalized spacial score (nSPS) is 32.6. The van der Waals surface area contributed by atoms with Crippen molar-refractivity contribution in [3.05, 3.63) is 0 Å². The summed E-state index contributed by atoms with van der Waals surface area (Å²) in [4.78, 5) is 14.6. The highest BCUT2D eigenvalue weighted by Crippen LogP contribution is 2.35. The molecule has 2 rings (SSSR count). The molecular formula is C17H31NO3. The lowest BCUT2D eigenvalue weighted by molar-refractivity contribution is -0.153. The monoisotopic (exact) mass is 297 g/mol. The molecule has 1 aliphatic heterocycles. The molecule has 1 saturated carbocycles. The number of piperidine rings is 1. The minimum Gasteiger partial charge on any atom is -0.465 e. The van der Waals surface area contributed by atoms with Gasteiger partial charge in [0.15, 0.2) is 0 Å². The molecule has 2 fully saturated rings. The van der Waals surface area contributed by atoms with E-state index in [1.54, 1.807) is 0 Å². The summed E-state index contributed by atoms with van der Waals surface area (Å²) < 4.78 is 5.27. The molecule has 0 radical (unpaired) electrons. The Morgan fingerprint density at radius 1 is 1.19 bits per heavy atom. The van der Waals surface area contributed by atoms with Crippen molar-refractivity contribution < 1.29 is 14.6 Å². The van der Waals surface area contributed by atoms with Gasteiger partial charge in [0.2, 0.25) is 0 Å². The number of hydrogen-bond donors (Lipinski definition) is 1. The summed E-state index contributed by atoms with van der Waals surface area (Å²) in [6, 6.07) is 0.216. The van der Waals surface area contributed by atoms with Gasteiger partial charge in [-0.05, 0) is 45.6 Å². The highest BCUT2D eigenvalue weighted by Gasteiger charge is 2.40. The molecule has 0 aromatic rings. The summed E-state index contributed by atoms with van der Waals surface area (Å²) in [7, 11) is 0. The van der Waals surface area contributed by atoms with Crippen LogP contribution in [0.1, 0.15) is 65.2 Å². The van der Waals surface area contributed by atoms with E-state index in [-0.39, 0.29) is 18.1 Å². The molecule has 4 unspecified atom stereocenters. The zero-order valence-electron chi connectivity index (χ0n) is 13.6. The van der Waals surface area contributed by atoms with Crippen LogP contribution in [0.3, 0.4) is 0 Å². The first-order valence-electron chi connectivity index (χ1n) is 8.79. The first-order valence-corrected chi connectivity index (χ1v) is 8.79. The predicted molar refractivity (Wildman–Crippen MR) is 83.0 cm³/mol. The van der Waals surface area contributed by atoms with Crippen molar-refractivity contribution in [3.63, 3.8) is 0 Å². The number of ether oxygens (including phenoxy) is 1. The van der Waals surface area contributed by atoms with Gasteiger partial charge in [-0.25, -0.2) is 0 Å². The third-order valence-electron chi connectivity index (χ3n) is 5.21. The number of esters is 1. The molecule has 1 aliphatic carbocycles. The van der Waals surface area contributed by atoms with Gasteiger partial charge >= 0.3 is 5.97 Å². The Bertz CT molecular complexity index is 334. The topological polar surface area (TPSA) is 49.8 Å². The lowest BCUT2D eigenvalue weighted by atomic mass is 9.77. The Balaban J connectivity index is 2.11. The molecule has 122 valence electrons. The van der Waals surface area contributed by atoms with Gasteiger partial charge in [0, 0.05) is 12.0 Å². The molecule has 0 spiro atoms. The van der Waals surface area contributed by atoms with Gasteiger partial charge in [-0.2, -0.15) is 0 Å². The molecule has 4 heteroatoms. The summed E-state index contributed by atoms with van der Waals surface area (Å²) in [6.45, 7) is 5.33. The first-order chi connectivity index (χ1) is 10.2. The minimum atomic E-state index is -0.191. The van der Waals surface area contributed by atoms with Crippen molar-refractivity contribution in [2.45, 2.75) is 83.4 Å². The van der Waals surface area contributed by atoms with E-state index < -0.39 is 0 Å². The quantitative estimate of drug-likeness (QED) is 0.793. The van der Waals surface area contributed by atoms with E-state index in [1.807, 2.05) is 6.92 Å². The Kier molecular flexibility index (Phi) is 6.49. The van der Waals surface area contributed by atoms with Gasteiger partial charge in [0.1, 0.15) is 6.04 Å². The fourth-order valence-electron chi connectivity index (χ4n) is 4.19. The van der Waals surface area contributed by atoms with Crippen LogP contribution in [-0.4, -0.2) is 47.3 Å². The number of likely N-dealkylation sites (tertiary alicyclic amines) is 1. The number of carbonyl (C=O) groups excluding carboxylic acids is 1. The van der Waals surface area contributed by atoms with E-state index in [0.29, 0.717) is 18.6 Å². The van der Waals surface area contributed by atoms with Gasteiger partial charge < -0.3 is 9.84 Å². The van der Waals surface area contributed by atoms with Crippen molar-refractivity contribution in [2.75, 3.05) is 13.2 Å². The van der Waals surface area contributed by atoms with Gasteiger partial charge in [0.25, 0.3) is 0 Å². The average Bonchev–Trinajstić information content (AvgIpc) is 2.49. The molecule has 4 atom stereocenters. The van der Waals surface area contributed by atoms with Crippen molar-refractivity contribution in [1.82, 2.24) is 4.90 Å². The van der Waals surface area contributed by atoms with E-state index in [2.05, 4.69) is 11.8 Å². The van der Waals surface area contributed by atoms with Gasteiger partial charge in [-0.15, -0.1) is 0 Å². The Labute approximate surface area is 128 Å². The van der Waals surface area contributed by atoms with E-state index >= 15 is 0 Å². The predicted octanol–water partition coefficient (Wildman–Crippen LogP) is 2.73. The molecule has 21 heavy (non-hydrogen) atoms. The fraction of sp³-hybridized carbons (Fsp3) is 0.941. The second-order valence-electron chi connectivity index (χ2n) is 6.49. The van der Waals surface area contributed by atoms with Crippen LogP contribution < -0.4 is 0 Å². The number of aliphatic hydroxyl groups excluding tert-OH is 1. The maximum atomic E-state index is 12.3. The van der Waals surface area contributed by atoms with Gasteiger partial charge in [-0.3, -0.25) is 9.69 Å².